The SMILES string of the molecule is O=C(CCl)N(CCCl)CCCl. The average molecular weight is 219 g/mol. The molecule has 11 heavy (non-hydrogen) atoms. The summed E-state index contributed by atoms with van der Waals surface area (Å²) in [7, 11) is 0. The van der Waals surface area contributed by atoms with Crippen LogP contribution in [0.5, 0.6) is 0 Å². The number of carbonyl (C=O) groups is 1. The van der Waals surface area contributed by atoms with Crippen LogP contribution in [-0.4, -0.2) is 41.5 Å². The Hall–Kier alpha value is 0.340. The van der Waals surface area contributed by atoms with Gasteiger partial charge in [0, 0.05) is 24.8 Å². The maximum Gasteiger partial charge on any atom is 0.237 e. The number of amides is 1. The Labute approximate surface area is 81.4 Å². The Morgan fingerprint density at radius 2 is 1.55 bits per heavy atom. The summed E-state index contributed by atoms with van der Waals surface area (Å²) in [6, 6.07) is 0. The number of halogens is 3. The molecule has 0 aromatic rings. The summed E-state index contributed by atoms with van der Waals surface area (Å²) in [5.74, 6) is 0.709. The summed E-state index contributed by atoms with van der Waals surface area (Å²) < 4.78 is 0. The third kappa shape index (κ3) is 4.72. The Morgan fingerprint density at radius 1 is 1.09 bits per heavy atom. The molecule has 0 rings (SSSR count). The van der Waals surface area contributed by atoms with Crippen LogP contribution in [0.1, 0.15) is 0 Å². The van der Waals surface area contributed by atoms with E-state index in [1.807, 2.05) is 0 Å². The molecular formula is C6H10Cl3NO. The molecule has 0 radical (unpaired) electrons. The molecule has 0 aliphatic carbocycles. The van der Waals surface area contributed by atoms with E-state index >= 15 is 0 Å². The molecule has 2 nitrogen and oxygen atoms in total. The van der Waals surface area contributed by atoms with Crippen molar-refractivity contribution in [3.63, 3.8) is 0 Å². The lowest BCUT2D eigenvalue weighted by Gasteiger charge is -2.18. The Balaban J connectivity index is 3.76. The van der Waals surface area contributed by atoms with E-state index in [2.05, 4.69) is 0 Å². The van der Waals surface area contributed by atoms with Crippen LogP contribution in [-0.2, 0) is 4.79 Å². The van der Waals surface area contributed by atoms with Gasteiger partial charge in [-0.2, -0.15) is 0 Å². The Kier molecular flexibility index (Phi) is 7.23. The fraction of sp³-hybridized carbons (Fsp3) is 0.833. The van der Waals surface area contributed by atoms with Gasteiger partial charge in [-0.1, -0.05) is 0 Å². The third-order valence-corrected chi connectivity index (χ3v) is 1.74. The zero-order valence-electron chi connectivity index (χ0n) is 6.02. The van der Waals surface area contributed by atoms with Gasteiger partial charge < -0.3 is 4.90 Å². The van der Waals surface area contributed by atoms with Crippen molar-refractivity contribution in [2.24, 2.45) is 0 Å². The van der Waals surface area contributed by atoms with Gasteiger partial charge in [0.25, 0.3) is 0 Å². The molecule has 0 fully saturated rings. The van der Waals surface area contributed by atoms with Crippen molar-refractivity contribution in [3.05, 3.63) is 0 Å². The second kappa shape index (κ2) is 7.01. The minimum absolute atomic E-state index is 0.00617. The molecule has 0 atom stereocenters. The van der Waals surface area contributed by atoms with Crippen molar-refractivity contribution < 1.29 is 4.79 Å². The lowest BCUT2D eigenvalue weighted by atomic mass is 10.5. The zero-order valence-corrected chi connectivity index (χ0v) is 8.29. The first kappa shape index (κ1) is 11.3. The number of hydrogen-bond donors (Lipinski definition) is 0. The monoisotopic (exact) mass is 217 g/mol. The molecule has 0 aromatic carbocycles. The smallest absolute Gasteiger partial charge is 0.237 e. The molecule has 0 unspecified atom stereocenters. The van der Waals surface area contributed by atoms with Gasteiger partial charge in [0.2, 0.25) is 5.91 Å². The maximum absolute atomic E-state index is 11.0. The molecule has 0 saturated heterocycles. The summed E-state index contributed by atoms with van der Waals surface area (Å²) in [6.45, 7) is 1.03. The van der Waals surface area contributed by atoms with Gasteiger partial charge in [-0.3, -0.25) is 4.79 Å². The van der Waals surface area contributed by atoms with E-state index in [0.29, 0.717) is 24.8 Å². The van der Waals surface area contributed by atoms with E-state index in [9.17, 15) is 4.79 Å². The van der Waals surface area contributed by atoms with Gasteiger partial charge in [-0.05, 0) is 0 Å². The third-order valence-electron chi connectivity index (χ3n) is 1.18. The highest BCUT2D eigenvalue weighted by atomic mass is 35.5. The lowest BCUT2D eigenvalue weighted by molar-refractivity contribution is -0.128. The van der Waals surface area contributed by atoms with Gasteiger partial charge in [0.05, 0.1) is 0 Å². The summed E-state index contributed by atoms with van der Waals surface area (Å²) in [6.07, 6.45) is 0. The van der Waals surface area contributed by atoms with Gasteiger partial charge in [-0.15, -0.1) is 34.8 Å². The van der Waals surface area contributed by atoms with Gasteiger partial charge in [0.1, 0.15) is 5.88 Å². The van der Waals surface area contributed by atoms with Crippen molar-refractivity contribution >= 4 is 40.7 Å². The summed E-state index contributed by atoms with van der Waals surface area (Å²) in [4.78, 5) is 12.5. The fourth-order valence-corrected chi connectivity index (χ4v) is 1.23. The van der Waals surface area contributed by atoms with Gasteiger partial charge >= 0.3 is 0 Å². The number of carbonyl (C=O) groups excluding carboxylic acids is 1. The Bertz CT molecular complexity index is 114. The van der Waals surface area contributed by atoms with Crippen molar-refractivity contribution in [3.8, 4) is 0 Å². The number of rotatable bonds is 5. The zero-order chi connectivity index (χ0) is 8.69. The number of alkyl halides is 3. The van der Waals surface area contributed by atoms with E-state index in [0.717, 1.165) is 0 Å². The minimum Gasteiger partial charge on any atom is -0.339 e. The molecule has 0 spiro atoms. The van der Waals surface area contributed by atoms with Crippen LogP contribution in [0.15, 0.2) is 0 Å². The van der Waals surface area contributed by atoms with E-state index in [1.165, 1.54) is 0 Å². The summed E-state index contributed by atoms with van der Waals surface area (Å²) in [5.41, 5.74) is 0. The highest BCUT2D eigenvalue weighted by Gasteiger charge is 2.09. The standard InChI is InChI=1S/C6H10Cl3NO/c7-1-3-10(4-2-8)6(11)5-9/h1-5H2. The van der Waals surface area contributed by atoms with Crippen molar-refractivity contribution in [2.45, 2.75) is 0 Å². The summed E-state index contributed by atoms with van der Waals surface area (Å²) >= 11 is 16.2. The van der Waals surface area contributed by atoms with Crippen LogP contribution in [0.3, 0.4) is 0 Å². The second-order valence-electron chi connectivity index (χ2n) is 1.89. The highest BCUT2D eigenvalue weighted by molar-refractivity contribution is 6.27. The lowest BCUT2D eigenvalue weighted by Crippen LogP contribution is -2.35. The fourth-order valence-electron chi connectivity index (χ4n) is 0.650. The van der Waals surface area contributed by atoms with Gasteiger partial charge in [0.15, 0.2) is 0 Å². The minimum atomic E-state index is -0.118. The molecule has 0 aromatic heterocycles. The molecular weight excluding hydrogens is 208 g/mol. The molecule has 0 aliphatic heterocycles. The first-order chi connectivity index (χ1) is 5.26. The quantitative estimate of drug-likeness (QED) is 0.641. The number of nitrogens with zero attached hydrogens (tertiary/aromatic N) is 1. The van der Waals surface area contributed by atoms with Crippen LogP contribution >= 0.6 is 34.8 Å². The van der Waals surface area contributed by atoms with Crippen LogP contribution in [0.4, 0.5) is 0 Å². The van der Waals surface area contributed by atoms with Crippen molar-refractivity contribution in [2.75, 3.05) is 30.7 Å². The molecule has 0 aliphatic rings. The Morgan fingerprint density at radius 3 is 1.82 bits per heavy atom. The topological polar surface area (TPSA) is 20.3 Å². The highest BCUT2D eigenvalue weighted by Crippen LogP contribution is 1.94. The second-order valence-corrected chi connectivity index (χ2v) is 2.92. The normalized spacial score (nSPS) is 9.73. The van der Waals surface area contributed by atoms with Crippen LogP contribution < -0.4 is 0 Å². The van der Waals surface area contributed by atoms with Crippen LogP contribution in [0.2, 0.25) is 0 Å². The van der Waals surface area contributed by atoms with E-state index in [-0.39, 0.29) is 11.8 Å². The van der Waals surface area contributed by atoms with E-state index in [4.69, 9.17) is 34.8 Å². The molecule has 0 N–H and O–H groups in total. The first-order valence-electron chi connectivity index (χ1n) is 3.22. The van der Waals surface area contributed by atoms with Crippen molar-refractivity contribution in [1.29, 1.82) is 0 Å². The predicted molar refractivity (Wildman–Crippen MR) is 48.7 cm³/mol. The predicted octanol–water partition coefficient (Wildman–Crippen LogP) is 1.53. The molecule has 66 valence electrons. The maximum atomic E-state index is 11.0. The molecule has 1 amide bonds. The van der Waals surface area contributed by atoms with E-state index < -0.39 is 0 Å². The van der Waals surface area contributed by atoms with Crippen LogP contribution in [0.25, 0.3) is 0 Å². The summed E-state index contributed by atoms with van der Waals surface area (Å²) in [5, 5.41) is 0. The largest absolute Gasteiger partial charge is 0.339 e. The molecule has 5 heteroatoms. The van der Waals surface area contributed by atoms with Crippen molar-refractivity contribution in [1.82, 2.24) is 4.90 Å². The van der Waals surface area contributed by atoms with Gasteiger partial charge in [-0.25, -0.2) is 0 Å². The molecule has 0 heterocycles. The average Bonchev–Trinajstić information content (AvgIpc) is 2.03. The number of hydrogen-bond acceptors (Lipinski definition) is 1. The molecule has 0 saturated carbocycles. The molecule has 0 bridgehead atoms. The first-order valence-corrected chi connectivity index (χ1v) is 4.82. The van der Waals surface area contributed by atoms with Crippen LogP contribution in [0, 0.1) is 0 Å². The van der Waals surface area contributed by atoms with E-state index in [1.54, 1.807) is 4.90 Å².